The average molecular weight is 229 g/mol. The lowest BCUT2D eigenvalue weighted by atomic mass is 9.91. The minimum absolute atomic E-state index is 0.465. The molecular weight excluding hydrogens is 202 g/mol. The Hall–Kier alpha value is -0.160. The van der Waals surface area contributed by atoms with Gasteiger partial charge >= 0.3 is 0 Å². The first kappa shape index (κ1) is 13.9. The van der Waals surface area contributed by atoms with Crippen LogP contribution in [0.15, 0.2) is 0 Å². The van der Waals surface area contributed by atoms with E-state index in [1.165, 1.54) is 6.42 Å². The van der Waals surface area contributed by atoms with Crippen molar-refractivity contribution in [2.75, 3.05) is 53.9 Å². The number of hydrogen-bond acceptors (Lipinski definition) is 4. The van der Waals surface area contributed by atoms with Crippen molar-refractivity contribution in [2.45, 2.75) is 24.9 Å². The SMILES string of the molecule is CNCC1(O)CCN(CCCN(C)C)CC1. The fourth-order valence-corrected chi connectivity index (χ4v) is 2.31. The summed E-state index contributed by atoms with van der Waals surface area (Å²) in [6.45, 7) is 5.10. The molecule has 0 aromatic heterocycles. The second-order valence-corrected chi connectivity index (χ2v) is 5.25. The highest BCUT2D eigenvalue weighted by molar-refractivity contribution is 4.87. The van der Waals surface area contributed by atoms with Crippen molar-refractivity contribution >= 4 is 0 Å². The zero-order chi connectivity index (χ0) is 12.0. The van der Waals surface area contributed by atoms with E-state index in [4.69, 9.17) is 0 Å². The monoisotopic (exact) mass is 229 g/mol. The Morgan fingerprint density at radius 2 is 1.94 bits per heavy atom. The molecule has 0 saturated carbocycles. The molecule has 0 bridgehead atoms. The number of nitrogens with zero attached hydrogens (tertiary/aromatic N) is 2. The second kappa shape index (κ2) is 6.55. The Kier molecular flexibility index (Phi) is 5.69. The van der Waals surface area contributed by atoms with E-state index < -0.39 is 5.60 Å². The van der Waals surface area contributed by atoms with E-state index in [0.29, 0.717) is 0 Å². The van der Waals surface area contributed by atoms with Gasteiger partial charge in [-0.1, -0.05) is 0 Å². The Bertz CT molecular complexity index is 189. The molecule has 1 fully saturated rings. The van der Waals surface area contributed by atoms with Crippen LogP contribution in [0.4, 0.5) is 0 Å². The lowest BCUT2D eigenvalue weighted by Crippen LogP contribution is -2.49. The second-order valence-electron chi connectivity index (χ2n) is 5.25. The minimum atomic E-state index is -0.465. The topological polar surface area (TPSA) is 38.7 Å². The van der Waals surface area contributed by atoms with Crippen molar-refractivity contribution < 1.29 is 5.11 Å². The molecular formula is C12H27N3O. The maximum atomic E-state index is 10.2. The van der Waals surface area contributed by atoms with Crippen LogP contribution in [0, 0.1) is 0 Å². The fraction of sp³-hybridized carbons (Fsp3) is 1.00. The highest BCUT2D eigenvalue weighted by Gasteiger charge is 2.31. The summed E-state index contributed by atoms with van der Waals surface area (Å²) in [5.41, 5.74) is -0.465. The fourth-order valence-electron chi connectivity index (χ4n) is 2.31. The summed E-state index contributed by atoms with van der Waals surface area (Å²) in [4.78, 5) is 4.69. The molecule has 0 aromatic carbocycles. The molecule has 1 rings (SSSR count). The smallest absolute Gasteiger partial charge is 0.0795 e. The van der Waals surface area contributed by atoms with E-state index in [9.17, 15) is 5.11 Å². The molecule has 2 N–H and O–H groups in total. The maximum Gasteiger partial charge on any atom is 0.0795 e. The maximum absolute atomic E-state index is 10.2. The van der Waals surface area contributed by atoms with Crippen molar-refractivity contribution in [1.82, 2.24) is 15.1 Å². The molecule has 1 aliphatic heterocycles. The van der Waals surface area contributed by atoms with Gasteiger partial charge in [-0.3, -0.25) is 0 Å². The third-order valence-corrected chi connectivity index (χ3v) is 3.37. The zero-order valence-electron chi connectivity index (χ0n) is 11.0. The van der Waals surface area contributed by atoms with Crippen molar-refractivity contribution in [3.8, 4) is 0 Å². The van der Waals surface area contributed by atoms with Crippen LogP contribution in [0.3, 0.4) is 0 Å². The van der Waals surface area contributed by atoms with Crippen LogP contribution in [0.25, 0.3) is 0 Å². The van der Waals surface area contributed by atoms with Crippen LogP contribution in [0.5, 0.6) is 0 Å². The average Bonchev–Trinajstić information content (AvgIpc) is 2.21. The summed E-state index contributed by atoms with van der Waals surface area (Å²) < 4.78 is 0. The van der Waals surface area contributed by atoms with E-state index in [2.05, 4.69) is 29.2 Å². The summed E-state index contributed by atoms with van der Waals surface area (Å²) in [5.74, 6) is 0. The summed E-state index contributed by atoms with van der Waals surface area (Å²) in [6.07, 6.45) is 3.02. The summed E-state index contributed by atoms with van der Waals surface area (Å²) >= 11 is 0. The zero-order valence-corrected chi connectivity index (χ0v) is 11.0. The van der Waals surface area contributed by atoms with Gasteiger partial charge in [0.15, 0.2) is 0 Å². The highest BCUT2D eigenvalue weighted by Crippen LogP contribution is 2.21. The highest BCUT2D eigenvalue weighted by atomic mass is 16.3. The van der Waals surface area contributed by atoms with E-state index in [0.717, 1.165) is 45.6 Å². The van der Waals surface area contributed by atoms with Crippen LogP contribution < -0.4 is 5.32 Å². The first-order valence-electron chi connectivity index (χ1n) is 6.30. The molecule has 0 atom stereocenters. The summed E-state index contributed by atoms with van der Waals surface area (Å²) in [7, 11) is 6.13. The molecule has 1 saturated heterocycles. The number of piperidine rings is 1. The molecule has 4 heteroatoms. The molecule has 16 heavy (non-hydrogen) atoms. The predicted octanol–water partition coefficient (Wildman–Crippen LogP) is -0.0156. The van der Waals surface area contributed by atoms with Crippen LogP contribution in [-0.2, 0) is 0 Å². The Balaban J connectivity index is 2.16. The van der Waals surface area contributed by atoms with E-state index in [-0.39, 0.29) is 0 Å². The van der Waals surface area contributed by atoms with Crippen LogP contribution in [0.2, 0.25) is 0 Å². The molecule has 0 spiro atoms. The predicted molar refractivity (Wildman–Crippen MR) is 67.7 cm³/mol. The van der Waals surface area contributed by atoms with Crippen LogP contribution in [0.1, 0.15) is 19.3 Å². The van der Waals surface area contributed by atoms with Gasteiger partial charge in [0, 0.05) is 19.6 Å². The number of likely N-dealkylation sites (tertiary alicyclic amines) is 1. The first-order chi connectivity index (χ1) is 7.56. The molecule has 96 valence electrons. The molecule has 4 nitrogen and oxygen atoms in total. The normalized spacial score (nSPS) is 21.6. The number of aliphatic hydroxyl groups is 1. The van der Waals surface area contributed by atoms with Gasteiger partial charge in [0.25, 0.3) is 0 Å². The molecule has 0 radical (unpaired) electrons. The molecule has 0 amide bonds. The molecule has 0 unspecified atom stereocenters. The number of hydrogen-bond donors (Lipinski definition) is 2. The number of likely N-dealkylation sites (N-methyl/N-ethyl adjacent to an activating group) is 1. The molecule has 1 aliphatic rings. The third-order valence-electron chi connectivity index (χ3n) is 3.37. The van der Waals surface area contributed by atoms with Gasteiger partial charge in [0.05, 0.1) is 5.60 Å². The van der Waals surface area contributed by atoms with Gasteiger partial charge in [-0.15, -0.1) is 0 Å². The Labute approximate surface area is 99.6 Å². The Morgan fingerprint density at radius 1 is 1.31 bits per heavy atom. The van der Waals surface area contributed by atoms with Gasteiger partial charge < -0.3 is 20.2 Å². The van der Waals surface area contributed by atoms with Crippen molar-refractivity contribution in [3.63, 3.8) is 0 Å². The van der Waals surface area contributed by atoms with Crippen LogP contribution >= 0.6 is 0 Å². The van der Waals surface area contributed by atoms with Gasteiger partial charge in [-0.25, -0.2) is 0 Å². The van der Waals surface area contributed by atoms with Crippen LogP contribution in [-0.4, -0.2) is 74.4 Å². The summed E-state index contributed by atoms with van der Waals surface area (Å²) in [5, 5.41) is 13.3. The molecule has 1 heterocycles. The quantitative estimate of drug-likeness (QED) is 0.672. The number of nitrogens with one attached hydrogen (secondary N) is 1. The largest absolute Gasteiger partial charge is 0.388 e. The first-order valence-corrected chi connectivity index (χ1v) is 6.30. The van der Waals surface area contributed by atoms with Gasteiger partial charge in [0.2, 0.25) is 0 Å². The summed E-state index contributed by atoms with van der Waals surface area (Å²) in [6, 6.07) is 0. The minimum Gasteiger partial charge on any atom is -0.388 e. The van der Waals surface area contributed by atoms with Crippen molar-refractivity contribution in [1.29, 1.82) is 0 Å². The van der Waals surface area contributed by atoms with E-state index >= 15 is 0 Å². The molecule has 0 aliphatic carbocycles. The lowest BCUT2D eigenvalue weighted by Gasteiger charge is -2.38. The van der Waals surface area contributed by atoms with Crippen molar-refractivity contribution in [2.24, 2.45) is 0 Å². The van der Waals surface area contributed by atoms with Gasteiger partial charge in [-0.05, 0) is 53.5 Å². The number of rotatable bonds is 6. The van der Waals surface area contributed by atoms with Gasteiger partial charge in [0.1, 0.15) is 0 Å². The van der Waals surface area contributed by atoms with Crippen molar-refractivity contribution in [3.05, 3.63) is 0 Å². The molecule has 0 aromatic rings. The third kappa shape index (κ3) is 4.78. The van der Waals surface area contributed by atoms with Gasteiger partial charge in [-0.2, -0.15) is 0 Å². The Morgan fingerprint density at radius 3 is 2.44 bits per heavy atom. The standard InChI is InChI=1S/C12H27N3O/c1-13-11-12(16)5-9-15(10-6-12)8-4-7-14(2)3/h13,16H,4-11H2,1-3H3. The van der Waals surface area contributed by atoms with E-state index in [1.54, 1.807) is 0 Å². The lowest BCUT2D eigenvalue weighted by molar-refractivity contribution is -0.0189. The van der Waals surface area contributed by atoms with E-state index in [1.807, 2.05) is 7.05 Å².